The van der Waals surface area contributed by atoms with E-state index in [1.807, 2.05) is 0 Å². The second-order valence-electron chi connectivity index (χ2n) is 6.30. The molecule has 3 heteroatoms. The normalized spacial score (nSPS) is 24.0. The van der Waals surface area contributed by atoms with Gasteiger partial charge in [0.2, 0.25) is 0 Å². The van der Waals surface area contributed by atoms with Crippen molar-refractivity contribution in [3.63, 3.8) is 0 Å². The van der Waals surface area contributed by atoms with Crippen molar-refractivity contribution in [3.05, 3.63) is 35.4 Å². The van der Waals surface area contributed by atoms with Gasteiger partial charge >= 0.3 is 0 Å². The Balaban J connectivity index is 2.22. The quantitative estimate of drug-likeness (QED) is 0.758. The Morgan fingerprint density at radius 3 is 2.76 bits per heavy atom. The van der Waals surface area contributed by atoms with Crippen LogP contribution in [0.25, 0.3) is 0 Å². The Labute approximate surface area is 127 Å². The van der Waals surface area contributed by atoms with Gasteiger partial charge in [0.25, 0.3) is 0 Å². The van der Waals surface area contributed by atoms with Gasteiger partial charge in [-0.25, -0.2) is 8.78 Å². The molecule has 0 amide bonds. The van der Waals surface area contributed by atoms with Crippen molar-refractivity contribution in [2.24, 2.45) is 11.8 Å². The molecule has 2 rings (SSSR count). The first-order chi connectivity index (χ1) is 10.2. The standard InChI is InChI=1S/C18H27F2N/c1-3-10-21-18(14-7-5-6-13(4-2)11-14)16-12-15(19)8-9-17(16)20/h8-9,12-14,18,21H,3-7,10-11H2,1-2H3. The Morgan fingerprint density at radius 2 is 2.05 bits per heavy atom. The lowest BCUT2D eigenvalue weighted by Gasteiger charge is -2.35. The van der Waals surface area contributed by atoms with Crippen LogP contribution in [-0.4, -0.2) is 6.54 Å². The van der Waals surface area contributed by atoms with E-state index in [9.17, 15) is 8.78 Å². The number of rotatable bonds is 6. The second kappa shape index (κ2) is 7.88. The summed E-state index contributed by atoms with van der Waals surface area (Å²) in [6.45, 7) is 5.17. The fourth-order valence-electron chi connectivity index (χ4n) is 3.59. The third-order valence-electron chi connectivity index (χ3n) is 4.78. The predicted octanol–water partition coefficient (Wildman–Crippen LogP) is 5.22. The maximum atomic E-state index is 14.2. The number of hydrogen-bond donors (Lipinski definition) is 1. The van der Waals surface area contributed by atoms with Crippen LogP contribution < -0.4 is 5.32 Å². The zero-order valence-electron chi connectivity index (χ0n) is 13.2. The smallest absolute Gasteiger partial charge is 0.128 e. The Bertz CT molecular complexity index is 447. The monoisotopic (exact) mass is 295 g/mol. The van der Waals surface area contributed by atoms with Crippen molar-refractivity contribution >= 4 is 0 Å². The van der Waals surface area contributed by atoms with Gasteiger partial charge < -0.3 is 5.32 Å². The number of nitrogens with one attached hydrogen (secondary N) is 1. The van der Waals surface area contributed by atoms with E-state index in [0.717, 1.165) is 31.7 Å². The molecule has 0 heterocycles. The topological polar surface area (TPSA) is 12.0 Å². The summed E-state index contributed by atoms with van der Waals surface area (Å²) >= 11 is 0. The number of benzene rings is 1. The Morgan fingerprint density at radius 1 is 1.24 bits per heavy atom. The van der Waals surface area contributed by atoms with Gasteiger partial charge in [0.1, 0.15) is 11.6 Å². The van der Waals surface area contributed by atoms with Gasteiger partial charge in [0.15, 0.2) is 0 Å². The molecule has 0 radical (unpaired) electrons. The molecule has 1 saturated carbocycles. The molecule has 3 unspecified atom stereocenters. The van der Waals surface area contributed by atoms with E-state index in [0.29, 0.717) is 11.5 Å². The molecule has 1 aliphatic rings. The van der Waals surface area contributed by atoms with E-state index in [4.69, 9.17) is 0 Å². The lowest BCUT2D eigenvalue weighted by molar-refractivity contribution is 0.206. The largest absolute Gasteiger partial charge is 0.310 e. The van der Waals surface area contributed by atoms with Gasteiger partial charge in [-0.05, 0) is 55.8 Å². The molecular weight excluding hydrogens is 268 g/mol. The average Bonchev–Trinajstić information content (AvgIpc) is 2.51. The molecule has 1 aromatic carbocycles. The van der Waals surface area contributed by atoms with E-state index in [-0.39, 0.29) is 17.7 Å². The van der Waals surface area contributed by atoms with Gasteiger partial charge in [-0.1, -0.05) is 33.1 Å². The first-order valence-electron chi connectivity index (χ1n) is 8.34. The van der Waals surface area contributed by atoms with Crippen molar-refractivity contribution in [2.75, 3.05) is 6.54 Å². The summed E-state index contributed by atoms with van der Waals surface area (Å²) in [6, 6.07) is 3.77. The number of halogens is 2. The van der Waals surface area contributed by atoms with Crippen molar-refractivity contribution < 1.29 is 8.78 Å². The second-order valence-corrected chi connectivity index (χ2v) is 6.30. The predicted molar refractivity (Wildman–Crippen MR) is 83.1 cm³/mol. The molecule has 1 fully saturated rings. The molecule has 1 N–H and O–H groups in total. The van der Waals surface area contributed by atoms with Gasteiger partial charge in [0, 0.05) is 11.6 Å². The zero-order valence-corrected chi connectivity index (χ0v) is 13.2. The molecule has 0 aromatic heterocycles. The fourth-order valence-corrected chi connectivity index (χ4v) is 3.59. The minimum Gasteiger partial charge on any atom is -0.310 e. The number of hydrogen-bond acceptors (Lipinski definition) is 1. The highest BCUT2D eigenvalue weighted by atomic mass is 19.1. The molecule has 1 aromatic rings. The summed E-state index contributed by atoms with van der Waals surface area (Å²) in [5.41, 5.74) is 0.505. The molecular formula is C18H27F2N. The van der Waals surface area contributed by atoms with Gasteiger partial charge in [-0.2, -0.15) is 0 Å². The maximum absolute atomic E-state index is 14.2. The Hall–Kier alpha value is -0.960. The van der Waals surface area contributed by atoms with Crippen molar-refractivity contribution in [2.45, 2.75) is 58.4 Å². The van der Waals surface area contributed by atoms with Gasteiger partial charge in [-0.15, -0.1) is 0 Å². The van der Waals surface area contributed by atoms with Crippen LogP contribution >= 0.6 is 0 Å². The van der Waals surface area contributed by atoms with E-state index < -0.39 is 0 Å². The van der Waals surface area contributed by atoms with Crippen LogP contribution in [-0.2, 0) is 0 Å². The van der Waals surface area contributed by atoms with E-state index >= 15 is 0 Å². The van der Waals surface area contributed by atoms with Crippen LogP contribution in [0.15, 0.2) is 18.2 Å². The summed E-state index contributed by atoms with van der Waals surface area (Å²) < 4.78 is 27.7. The van der Waals surface area contributed by atoms with Gasteiger partial charge in [-0.3, -0.25) is 0 Å². The molecule has 1 aliphatic carbocycles. The lowest BCUT2D eigenvalue weighted by Crippen LogP contribution is -2.33. The van der Waals surface area contributed by atoms with Gasteiger partial charge in [0.05, 0.1) is 0 Å². The summed E-state index contributed by atoms with van der Waals surface area (Å²) in [5.74, 6) is 0.499. The minimum atomic E-state index is -0.349. The summed E-state index contributed by atoms with van der Waals surface area (Å²) in [6.07, 6.45) is 6.88. The van der Waals surface area contributed by atoms with Crippen LogP contribution in [0, 0.1) is 23.5 Å². The SMILES string of the molecule is CCCNC(c1cc(F)ccc1F)C1CCCC(CC)C1. The molecule has 0 spiro atoms. The van der Waals surface area contributed by atoms with Crippen LogP contribution in [0.3, 0.4) is 0 Å². The third-order valence-corrected chi connectivity index (χ3v) is 4.78. The molecule has 1 nitrogen and oxygen atoms in total. The summed E-state index contributed by atoms with van der Waals surface area (Å²) in [7, 11) is 0. The molecule has 0 bridgehead atoms. The highest BCUT2D eigenvalue weighted by Crippen LogP contribution is 2.39. The average molecular weight is 295 g/mol. The van der Waals surface area contributed by atoms with E-state index in [1.165, 1.54) is 37.5 Å². The molecule has 0 aliphatic heterocycles. The first-order valence-corrected chi connectivity index (χ1v) is 8.34. The first kappa shape index (κ1) is 16.4. The highest BCUT2D eigenvalue weighted by Gasteiger charge is 2.30. The third kappa shape index (κ3) is 4.26. The van der Waals surface area contributed by atoms with E-state index in [2.05, 4.69) is 19.2 Å². The van der Waals surface area contributed by atoms with Crippen LogP contribution in [0.2, 0.25) is 0 Å². The van der Waals surface area contributed by atoms with Crippen LogP contribution in [0.4, 0.5) is 8.78 Å². The molecule has 3 atom stereocenters. The molecule has 21 heavy (non-hydrogen) atoms. The van der Waals surface area contributed by atoms with Crippen molar-refractivity contribution in [3.8, 4) is 0 Å². The lowest BCUT2D eigenvalue weighted by atomic mass is 9.75. The minimum absolute atomic E-state index is 0.0602. The van der Waals surface area contributed by atoms with Crippen molar-refractivity contribution in [1.82, 2.24) is 5.32 Å². The molecule has 118 valence electrons. The highest BCUT2D eigenvalue weighted by molar-refractivity contribution is 5.23. The maximum Gasteiger partial charge on any atom is 0.128 e. The van der Waals surface area contributed by atoms with Crippen LogP contribution in [0.1, 0.15) is 64.0 Å². The van der Waals surface area contributed by atoms with Crippen LogP contribution in [0.5, 0.6) is 0 Å². The summed E-state index contributed by atoms with van der Waals surface area (Å²) in [5, 5.41) is 3.46. The fraction of sp³-hybridized carbons (Fsp3) is 0.667. The molecule has 0 saturated heterocycles. The van der Waals surface area contributed by atoms with E-state index in [1.54, 1.807) is 0 Å². The zero-order chi connectivity index (χ0) is 15.2. The Kier molecular flexibility index (Phi) is 6.16. The summed E-state index contributed by atoms with van der Waals surface area (Å²) in [4.78, 5) is 0. The van der Waals surface area contributed by atoms with Crippen molar-refractivity contribution in [1.29, 1.82) is 0 Å².